The van der Waals surface area contributed by atoms with Crippen LogP contribution < -0.4 is 0 Å². The van der Waals surface area contributed by atoms with Gasteiger partial charge in [0.15, 0.2) is 0 Å². The fourth-order valence-corrected chi connectivity index (χ4v) is 2.22. The van der Waals surface area contributed by atoms with Crippen molar-refractivity contribution in [2.75, 3.05) is 12.4 Å². The minimum absolute atomic E-state index is 0.176. The second kappa shape index (κ2) is 5.92. The minimum Gasteiger partial charge on any atom is -0.396 e. The average molecular weight is 228 g/mol. The molecule has 0 heterocycles. The Balaban J connectivity index is 2.76. The highest BCUT2D eigenvalue weighted by molar-refractivity contribution is 7.99. The van der Waals surface area contributed by atoms with Crippen LogP contribution in [0.2, 0.25) is 5.02 Å². The van der Waals surface area contributed by atoms with Crippen LogP contribution >= 0.6 is 23.4 Å². The molecule has 0 aliphatic heterocycles. The van der Waals surface area contributed by atoms with Crippen molar-refractivity contribution in [3.63, 3.8) is 0 Å². The molecule has 0 saturated heterocycles. The predicted octanol–water partition coefficient (Wildman–Crippen LogP) is 2.69. The lowest BCUT2D eigenvalue weighted by molar-refractivity contribution is 0.296. The number of nitriles is 1. The molecule has 0 fully saturated rings. The van der Waals surface area contributed by atoms with Gasteiger partial charge in [-0.3, -0.25) is 0 Å². The molecule has 1 aromatic rings. The van der Waals surface area contributed by atoms with Gasteiger partial charge in [-0.1, -0.05) is 17.7 Å². The van der Waals surface area contributed by atoms with Gasteiger partial charge in [-0.2, -0.15) is 5.26 Å². The number of halogens is 1. The van der Waals surface area contributed by atoms with Crippen molar-refractivity contribution in [3.8, 4) is 6.07 Å². The van der Waals surface area contributed by atoms with Gasteiger partial charge in [-0.05, 0) is 18.6 Å². The van der Waals surface area contributed by atoms with Crippen LogP contribution in [-0.2, 0) is 0 Å². The summed E-state index contributed by atoms with van der Waals surface area (Å²) in [5.41, 5.74) is 0.525. The molecule has 0 bridgehead atoms. The van der Waals surface area contributed by atoms with E-state index in [1.165, 1.54) is 0 Å². The highest BCUT2D eigenvalue weighted by atomic mass is 35.5. The number of rotatable bonds is 4. The predicted molar refractivity (Wildman–Crippen MR) is 58.6 cm³/mol. The first-order valence-electron chi connectivity index (χ1n) is 4.22. The summed E-state index contributed by atoms with van der Waals surface area (Å²) in [5.74, 6) is 0.797. The van der Waals surface area contributed by atoms with Crippen LogP contribution in [0.15, 0.2) is 23.1 Å². The topological polar surface area (TPSA) is 44.0 Å². The van der Waals surface area contributed by atoms with E-state index >= 15 is 0 Å². The van der Waals surface area contributed by atoms with Crippen LogP contribution in [0.5, 0.6) is 0 Å². The van der Waals surface area contributed by atoms with E-state index in [4.69, 9.17) is 22.0 Å². The molecule has 0 radical (unpaired) electrons. The summed E-state index contributed by atoms with van der Waals surface area (Å²) in [6, 6.07) is 7.47. The Hall–Kier alpha value is -0.690. The molecule has 2 nitrogen and oxygen atoms in total. The molecule has 0 aromatic heterocycles. The molecular formula is C10H10ClNOS. The molecule has 74 valence electrons. The molecule has 0 amide bonds. The van der Waals surface area contributed by atoms with E-state index in [1.54, 1.807) is 17.8 Å². The number of aliphatic hydroxyl groups is 1. The third-order valence-electron chi connectivity index (χ3n) is 1.65. The van der Waals surface area contributed by atoms with Gasteiger partial charge in [0.25, 0.3) is 0 Å². The molecule has 1 aromatic carbocycles. The summed E-state index contributed by atoms with van der Waals surface area (Å²) in [6.07, 6.45) is 0.724. The Morgan fingerprint density at radius 3 is 2.93 bits per heavy atom. The number of benzene rings is 1. The Bertz CT molecular complexity index is 348. The Kier molecular flexibility index (Phi) is 4.81. The van der Waals surface area contributed by atoms with E-state index in [0.29, 0.717) is 10.6 Å². The Labute approximate surface area is 92.5 Å². The fraction of sp³-hybridized carbons (Fsp3) is 0.300. The summed E-state index contributed by atoms with van der Waals surface area (Å²) >= 11 is 7.40. The Morgan fingerprint density at radius 1 is 1.50 bits per heavy atom. The molecule has 14 heavy (non-hydrogen) atoms. The monoisotopic (exact) mass is 227 g/mol. The zero-order chi connectivity index (χ0) is 10.4. The number of hydrogen-bond donors (Lipinski definition) is 1. The number of hydrogen-bond acceptors (Lipinski definition) is 3. The summed E-state index contributed by atoms with van der Waals surface area (Å²) in [6.45, 7) is 0.176. The van der Waals surface area contributed by atoms with Crippen LogP contribution in [0.4, 0.5) is 0 Å². The van der Waals surface area contributed by atoms with Crippen molar-refractivity contribution >= 4 is 23.4 Å². The molecule has 4 heteroatoms. The van der Waals surface area contributed by atoms with E-state index in [2.05, 4.69) is 6.07 Å². The lowest BCUT2D eigenvalue weighted by Gasteiger charge is -2.03. The Morgan fingerprint density at radius 2 is 2.29 bits per heavy atom. The molecular weight excluding hydrogens is 218 g/mol. The van der Waals surface area contributed by atoms with Gasteiger partial charge in [0.2, 0.25) is 0 Å². The van der Waals surface area contributed by atoms with E-state index < -0.39 is 0 Å². The lowest BCUT2D eigenvalue weighted by atomic mass is 10.2. The van der Waals surface area contributed by atoms with Crippen LogP contribution in [0.25, 0.3) is 0 Å². The first-order chi connectivity index (χ1) is 6.79. The maximum atomic E-state index is 8.86. The van der Waals surface area contributed by atoms with Gasteiger partial charge in [0, 0.05) is 17.3 Å². The van der Waals surface area contributed by atoms with E-state index in [9.17, 15) is 0 Å². The SMILES string of the molecule is N#Cc1c(Cl)cccc1SCCCO. The van der Waals surface area contributed by atoms with Crippen molar-refractivity contribution in [2.45, 2.75) is 11.3 Å². The van der Waals surface area contributed by atoms with E-state index in [0.717, 1.165) is 17.1 Å². The largest absolute Gasteiger partial charge is 0.396 e. The standard InChI is InChI=1S/C10H10ClNOS/c11-9-3-1-4-10(8(9)7-12)14-6-2-5-13/h1,3-4,13H,2,5-6H2. The molecule has 1 rings (SSSR count). The first-order valence-corrected chi connectivity index (χ1v) is 5.58. The molecule has 0 aliphatic rings. The summed E-state index contributed by atoms with van der Waals surface area (Å²) in [4.78, 5) is 0.883. The molecule has 0 atom stereocenters. The van der Waals surface area contributed by atoms with E-state index in [1.807, 2.05) is 12.1 Å². The number of aliphatic hydroxyl groups excluding tert-OH is 1. The second-order valence-corrected chi connectivity index (χ2v) is 4.19. The maximum Gasteiger partial charge on any atom is 0.102 e. The molecule has 0 spiro atoms. The van der Waals surface area contributed by atoms with Gasteiger partial charge in [0.05, 0.1) is 10.6 Å². The number of nitrogens with zero attached hydrogens (tertiary/aromatic N) is 1. The summed E-state index contributed by atoms with van der Waals surface area (Å²) in [5, 5.41) is 18.0. The van der Waals surface area contributed by atoms with Gasteiger partial charge in [-0.25, -0.2) is 0 Å². The molecule has 0 unspecified atom stereocenters. The third kappa shape index (κ3) is 2.91. The van der Waals surface area contributed by atoms with Gasteiger partial charge < -0.3 is 5.11 Å². The summed E-state index contributed by atoms with van der Waals surface area (Å²) < 4.78 is 0. The van der Waals surface area contributed by atoms with Gasteiger partial charge in [0.1, 0.15) is 6.07 Å². The number of thioether (sulfide) groups is 1. The summed E-state index contributed by atoms with van der Waals surface area (Å²) in [7, 11) is 0. The lowest BCUT2D eigenvalue weighted by Crippen LogP contribution is -1.88. The molecule has 1 N–H and O–H groups in total. The highest BCUT2D eigenvalue weighted by Gasteiger charge is 2.05. The van der Waals surface area contributed by atoms with E-state index in [-0.39, 0.29) is 6.61 Å². The normalized spacial score (nSPS) is 9.79. The third-order valence-corrected chi connectivity index (χ3v) is 3.11. The fourth-order valence-electron chi connectivity index (χ4n) is 0.980. The van der Waals surface area contributed by atoms with Crippen molar-refractivity contribution in [1.29, 1.82) is 5.26 Å². The van der Waals surface area contributed by atoms with Gasteiger partial charge in [-0.15, -0.1) is 11.8 Å². The quantitative estimate of drug-likeness (QED) is 0.636. The van der Waals surface area contributed by atoms with Crippen LogP contribution in [0, 0.1) is 11.3 Å². The van der Waals surface area contributed by atoms with Crippen molar-refractivity contribution in [1.82, 2.24) is 0 Å². The van der Waals surface area contributed by atoms with Crippen LogP contribution in [0.3, 0.4) is 0 Å². The minimum atomic E-state index is 0.176. The van der Waals surface area contributed by atoms with Crippen LogP contribution in [-0.4, -0.2) is 17.5 Å². The van der Waals surface area contributed by atoms with Gasteiger partial charge >= 0.3 is 0 Å². The molecule has 0 aliphatic carbocycles. The smallest absolute Gasteiger partial charge is 0.102 e. The van der Waals surface area contributed by atoms with Crippen molar-refractivity contribution in [3.05, 3.63) is 28.8 Å². The zero-order valence-corrected chi connectivity index (χ0v) is 9.11. The average Bonchev–Trinajstić information content (AvgIpc) is 2.18. The highest BCUT2D eigenvalue weighted by Crippen LogP contribution is 2.27. The first kappa shape index (κ1) is 11.4. The maximum absolute atomic E-state index is 8.86. The van der Waals surface area contributed by atoms with Crippen LogP contribution in [0.1, 0.15) is 12.0 Å². The van der Waals surface area contributed by atoms with Crippen molar-refractivity contribution in [2.24, 2.45) is 0 Å². The second-order valence-electron chi connectivity index (χ2n) is 2.65. The zero-order valence-electron chi connectivity index (χ0n) is 7.53. The van der Waals surface area contributed by atoms with Crippen molar-refractivity contribution < 1.29 is 5.11 Å². The molecule has 0 saturated carbocycles.